The predicted octanol–water partition coefficient (Wildman–Crippen LogP) is 1.83. The van der Waals surface area contributed by atoms with Crippen LogP contribution < -0.4 is 16.6 Å². The van der Waals surface area contributed by atoms with Crippen molar-refractivity contribution < 1.29 is 4.39 Å². The van der Waals surface area contributed by atoms with Gasteiger partial charge in [0.1, 0.15) is 5.82 Å². The van der Waals surface area contributed by atoms with Crippen molar-refractivity contribution in [1.82, 2.24) is 18.7 Å². The highest BCUT2D eigenvalue weighted by atomic mass is 19.1. The number of hydrogen-bond acceptors (Lipinski definition) is 4. The highest BCUT2D eigenvalue weighted by Gasteiger charge is 2.19. The van der Waals surface area contributed by atoms with Crippen LogP contribution in [0.5, 0.6) is 0 Å². The summed E-state index contributed by atoms with van der Waals surface area (Å²) in [4.78, 5) is 29.4. The molecule has 0 spiro atoms. The van der Waals surface area contributed by atoms with Gasteiger partial charge in [-0.2, -0.15) is 4.98 Å². The molecule has 3 aromatic rings. The Morgan fingerprint density at radius 2 is 1.81 bits per heavy atom. The summed E-state index contributed by atoms with van der Waals surface area (Å²) in [6, 6.07) is 6.10. The summed E-state index contributed by atoms with van der Waals surface area (Å²) in [6.45, 7) is 3.14. The number of benzene rings is 1. The van der Waals surface area contributed by atoms with Crippen LogP contribution in [0.15, 0.2) is 33.9 Å². The van der Waals surface area contributed by atoms with E-state index in [2.05, 4.69) is 17.2 Å². The zero-order valence-corrected chi connectivity index (χ0v) is 15.1. The number of fused-ring (bicyclic) bond motifs is 1. The lowest BCUT2D eigenvalue weighted by atomic mass is 10.2. The molecule has 3 rings (SSSR count). The van der Waals surface area contributed by atoms with E-state index >= 15 is 0 Å². The van der Waals surface area contributed by atoms with Crippen molar-refractivity contribution >= 4 is 17.1 Å². The van der Waals surface area contributed by atoms with Crippen molar-refractivity contribution in [2.24, 2.45) is 14.1 Å². The first-order valence-corrected chi connectivity index (χ1v) is 8.58. The third kappa shape index (κ3) is 3.14. The van der Waals surface area contributed by atoms with E-state index in [1.807, 2.05) is 0 Å². The lowest BCUT2D eigenvalue weighted by Crippen LogP contribution is -2.37. The maximum atomic E-state index is 13.2. The first kappa shape index (κ1) is 17.9. The molecule has 0 bridgehead atoms. The van der Waals surface area contributed by atoms with Crippen LogP contribution in [0.4, 0.5) is 10.3 Å². The van der Waals surface area contributed by atoms with Gasteiger partial charge in [-0.05, 0) is 24.1 Å². The standard InChI is InChI=1S/C18H22FN5O2/c1-4-5-10-20-17-21-15-14(16(25)23(3)18(26)22(15)2)24(17)11-12-6-8-13(19)9-7-12/h6-9H,4-5,10-11H2,1-3H3,(H,20,21). The Morgan fingerprint density at radius 3 is 2.46 bits per heavy atom. The SMILES string of the molecule is CCCCNc1nc2c(c(=O)n(C)c(=O)n2C)n1Cc1ccc(F)cc1. The number of imidazole rings is 1. The van der Waals surface area contributed by atoms with E-state index in [1.165, 1.54) is 23.7 Å². The second kappa shape index (κ2) is 7.15. The minimum atomic E-state index is -0.422. The molecule has 0 aliphatic rings. The molecule has 0 atom stereocenters. The van der Waals surface area contributed by atoms with Crippen LogP contribution in [0.1, 0.15) is 25.3 Å². The topological polar surface area (TPSA) is 73.8 Å². The minimum absolute atomic E-state index is 0.316. The van der Waals surface area contributed by atoms with Gasteiger partial charge in [0.2, 0.25) is 5.95 Å². The molecular formula is C18H22FN5O2. The van der Waals surface area contributed by atoms with E-state index in [1.54, 1.807) is 23.7 Å². The van der Waals surface area contributed by atoms with Crippen molar-refractivity contribution in [3.63, 3.8) is 0 Å². The second-order valence-corrected chi connectivity index (χ2v) is 6.31. The first-order valence-electron chi connectivity index (χ1n) is 8.58. The van der Waals surface area contributed by atoms with Crippen molar-refractivity contribution in [1.29, 1.82) is 0 Å². The Balaban J connectivity index is 2.19. The number of nitrogens with zero attached hydrogens (tertiary/aromatic N) is 4. The fourth-order valence-corrected chi connectivity index (χ4v) is 2.88. The van der Waals surface area contributed by atoms with Gasteiger partial charge in [-0.15, -0.1) is 0 Å². The van der Waals surface area contributed by atoms with Crippen LogP contribution in [0.25, 0.3) is 11.2 Å². The van der Waals surface area contributed by atoms with Crippen LogP contribution >= 0.6 is 0 Å². The summed E-state index contributed by atoms with van der Waals surface area (Å²) in [5.41, 5.74) is 0.688. The molecule has 0 radical (unpaired) electrons. The summed E-state index contributed by atoms with van der Waals surface area (Å²) >= 11 is 0. The normalized spacial score (nSPS) is 11.2. The van der Waals surface area contributed by atoms with E-state index in [0.717, 1.165) is 23.0 Å². The zero-order valence-electron chi connectivity index (χ0n) is 15.1. The van der Waals surface area contributed by atoms with Crippen LogP contribution in [0, 0.1) is 5.82 Å². The molecule has 0 aliphatic carbocycles. The number of rotatable bonds is 6. The monoisotopic (exact) mass is 359 g/mol. The summed E-state index contributed by atoms with van der Waals surface area (Å²) in [5, 5.41) is 3.24. The fraction of sp³-hybridized carbons (Fsp3) is 0.389. The van der Waals surface area contributed by atoms with Crippen LogP contribution in [-0.4, -0.2) is 25.2 Å². The Labute approximate surface area is 149 Å². The molecule has 8 heteroatoms. The molecule has 0 saturated carbocycles. The van der Waals surface area contributed by atoms with E-state index in [4.69, 9.17) is 0 Å². The Kier molecular flexibility index (Phi) is 4.92. The Morgan fingerprint density at radius 1 is 1.12 bits per heavy atom. The van der Waals surface area contributed by atoms with Crippen molar-refractivity contribution in [3.05, 3.63) is 56.5 Å². The van der Waals surface area contributed by atoms with Gasteiger partial charge in [-0.1, -0.05) is 25.5 Å². The van der Waals surface area contributed by atoms with Crippen LogP contribution in [-0.2, 0) is 20.6 Å². The number of halogens is 1. The van der Waals surface area contributed by atoms with Gasteiger partial charge in [0.25, 0.3) is 5.56 Å². The van der Waals surface area contributed by atoms with Gasteiger partial charge in [-0.25, -0.2) is 9.18 Å². The highest BCUT2D eigenvalue weighted by Crippen LogP contribution is 2.18. The number of anilines is 1. The first-order chi connectivity index (χ1) is 12.4. The maximum absolute atomic E-state index is 13.2. The van der Waals surface area contributed by atoms with E-state index in [-0.39, 0.29) is 5.82 Å². The largest absolute Gasteiger partial charge is 0.356 e. The molecule has 138 valence electrons. The number of hydrogen-bond donors (Lipinski definition) is 1. The van der Waals surface area contributed by atoms with E-state index in [0.29, 0.717) is 30.2 Å². The van der Waals surface area contributed by atoms with Crippen molar-refractivity contribution in [2.45, 2.75) is 26.3 Å². The molecule has 0 amide bonds. The lowest BCUT2D eigenvalue weighted by Gasteiger charge is -2.11. The molecular weight excluding hydrogens is 337 g/mol. The smallest absolute Gasteiger partial charge is 0.332 e. The third-order valence-corrected chi connectivity index (χ3v) is 4.42. The molecule has 0 unspecified atom stereocenters. The molecule has 0 saturated heterocycles. The molecule has 2 aromatic heterocycles. The summed E-state index contributed by atoms with van der Waals surface area (Å²) in [5.74, 6) is 0.208. The number of aryl methyl sites for hydroxylation is 1. The van der Waals surface area contributed by atoms with Gasteiger partial charge in [0.15, 0.2) is 11.2 Å². The Hall–Kier alpha value is -2.90. The van der Waals surface area contributed by atoms with Crippen LogP contribution in [0.2, 0.25) is 0 Å². The van der Waals surface area contributed by atoms with Gasteiger partial charge in [0.05, 0.1) is 6.54 Å². The Bertz CT molecular complexity index is 1050. The van der Waals surface area contributed by atoms with Crippen molar-refractivity contribution in [3.8, 4) is 0 Å². The summed E-state index contributed by atoms with van der Waals surface area (Å²) in [6.07, 6.45) is 1.97. The summed E-state index contributed by atoms with van der Waals surface area (Å²) < 4.78 is 17.4. The molecule has 1 aromatic carbocycles. The minimum Gasteiger partial charge on any atom is -0.356 e. The fourth-order valence-electron chi connectivity index (χ4n) is 2.88. The van der Waals surface area contributed by atoms with E-state index < -0.39 is 11.2 Å². The van der Waals surface area contributed by atoms with E-state index in [9.17, 15) is 14.0 Å². The third-order valence-electron chi connectivity index (χ3n) is 4.42. The average Bonchev–Trinajstić information content (AvgIpc) is 2.99. The molecule has 1 N–H and O–H groups in total. The van der Waals surface area contributed by atoms with Gasteiger partial charge in [0, 0.05) is 20.6 Å². The summed E-state index contributed by atoms with van der Waals surface area (Å²) in [7, 11) is 3.04. The molecule has 2 heterocycles. The molecule has 26 heavy (non-hydrogen) atoms. The van der Waals surface area contributed by atoms with Crippen molar-refractivity contribution in [2.75, 3.05) is 11.9 Å². The predicted molar refractivity (Wildman–Crippen MR) is 99.1 cm³/mol. The second-order valence-electron chi connectivity index (χ2n) is 6.31. The quantitative estimate of drug-likeness (QED) is 0.682. The lowest BCUT2D eigenvalue weighted by molar-refractivity contribution is 0.626. The maximum Gasteiger partial charge on any atom is 0.332 e. The number of aromatic nitrogens is 4. The highest BCUT2D eigenvalue weighted by molar-refractivity contribution is 5.74. The zero-order chi connectivity index (χ0) is 18.8. The average molecular weight is 359 g/mol. The van der Waals surface area contributed by atoms with Crippen LogP contribution in [0.3, 0.4) is 0 Å². The number of unbranched alkanes of at least 4 members (excludes halogenated alkanes) is 1. The molecule has 7 nitrogen and oxygen atoms in total. The van der Waals surface area contributed by atoms with Gasteiger partial charge in [-0.3, -0.25) is 18.5 Å². The molecule has 0 aliphatic heterocycles. The van der Waals surface area contributed by atoms with Gasteiger partial charge < -0.3 is 5.32 Å². The molecule has 0 fully saturated rings. The number of nitrogens with one attached hydrogen (secondary N) is 1. The van der Waals surface area contributed by atoms with Gasteiger partial charge >= 0.3 is 5.69 Å².